The first-order valence-corrected chi connectivity index (χ1v) is 9.30. The minimum absolute atomic E-state index is 0.120. The van der Waals surface area contributed by atoms with E-state index in [4.69, 9.17) is 5.73 Å². The molecule has 25 heavy (non-hydrogen) atoms. The van der Waals surface area contributed by atoms with Crippen molar-refractivity contribution in [1.82, 2.24) is 4.90 Å². The molecule has 2 aromatic rings. The van der Waals surface area contributed by atoms with Gasteiger partial charge < -0.3 is 14.8 Å². The summed E-state index contributed by atoms with van der Waals surface area (Å²) in [7, 11) is -9.05. The van der Waals surface area contributed by atoms with Gasteiger partial charge in [0, 0.05) is 23.4 Å². The normalized spacial score (nSPS) is 15.1. The van der Waals surface area contributed by atoms with E-state index >= 15 is 0 Å². The van der Waals surface area contributed by atoms with Crippen molar-refractivity contribution < 1.29 is 35.5 Å². The first-order valence-electron chi connectivity index (χ1n) is 6.48. The topological polar surface area (TPSA) is 178 Å². The number of benzene rings is 2. The van der Waals surface area contributed by atoms with E-state index in [1.165, 1.54) is 0 Å². The molecule has 0 bridgehead atoms. The van der Waals surface area contributed by atoms with E-state index in [-0.39, 0.29) is 21.9 Å². The van der Waals surface area contributed by atoms with Gasteiger partial charge in [-0.2, -0.15) is 0 Å². The molecule has 1 heterocycles. The van der Waals surface area contributed by atoms with Crippen LogP contribution < -0.4 is 5.73 Å². The van der Waals surface area contributed by atoms with Crippen molar-refractivity contribution in [2.75, 3.05) is 12.8 Å². The molecule has 1 aliphatic rings. The Morgan fingerprint density at radius 2 is 1.44 bits per heavy atom. The molecular formula is C13H8N2O8S2-2. The number of hydrogen-bond donors (Lipinski definition) is 1. The van der Waals surface area contributed by atoms with Crippen LogP contribution in [0.3, 0.4) is 0 Å². The monoisotopic (exact) mass is 384 g/mol. The molecule has 0 aromatic heterocycles. The molecule has 0 saturated heterocycles. The fourth-order valence-corrected chi connectivity index (χ4v) is 3.84. The summed E-state index contributed by atoms with van der Waals surface area (Å²) in [5.74, 6) is -1.80. The van der Waals surface area contributed by atoms with Crippen molar-refractivity contribution in [2.24, 2.45) is 0 Å². The third-order valence-corrected chi connectivity index (χ3v) is 5.53. The van der Waals surface area contributed by atoms with E-state index in [1.807, 2.05) is 0 Å². The largest absolute Gasteiger partial charge is 0.744 e. The van der Waals surface area contributed by atoms with Crippen LogP contribution in [-0.2, 0) is 20.2 Å². The molecule has 2 aromatic carbocycles. The lowest BCUT2D eigenvalue weighted by molar-refractivity contribution is 0.0650. The first kappa shape index (κ1) is 17.3. The molecule has 0 fully saturated rings. The number of amides is 2. The number of imide groups is 1. The van der Waals surface area contributed by atoms with Crippen molar-refractivity contribution >= 4 is 48.5 Å². The van der Waals surface area contributed by atoms with Gasteiger partial charge in [0.1, 0.15) is 20.2 Å². The molecule has 132 valence electrons. The van der Waals surface area contributed by atoms with Crippen LogP contribution in [0.4, 0.5) is 5.69 Å². The Labute approximate surface area is 141 Å². The zero-order valence-electron chi connectivity index (χ0n) is 12.3. The maximum atomic E-state index is 12.3. The smallest absolute Gasteiger partial charge is 0.261 e. The third-order valence-electron chi connectivity index (χ3n) is 3.84. The van der Waals surface area contributed by atoms with Crippen LogP contribution in [0.2, 0.25) is 0 Å². The Balaban J connectivity index is 2.65. The average molecular weight is 384 g/mol. The number of hydrogen-bond acceptors (Lipinski definition) is 9. The minimum atomic E-state index is -5.11. The lowest BCUT2D eigenvalue weighted by Gasteiger charge is -2.26. The van der Waals surface area contributed by atoms with Crippen molar-refractivity contribution in [3.63, 3.8) is 0 Å². The number of rotatable bonds is 2. The summed E-state index contributed by atoms with van der Waals surface area (Å²) >= 11 is 0. The number of nitrogens with zero attached hydrogens (tertiary/aromatic N) is 1. The Hall–Kier alpha value is -2.54. The molecule has 0 atom stereocenters. The molecule has 0 aliphatic carbocycles. The van der Waals surface area contributed by atoms with Crippen LogP contribution >= 0.6 is 0 Å². The highest BCUT2D eigenvalue weighted by molar-refractivity contribution is 7.86. The highest BCUT2D eigenvalue weighted by Gasteiger charge is 2.33. The number of carbonyl (C=O) groups excluding carboxylic acids is 2. The Morgan fingerprint density at radius 3 is 1.92 bits per heavy atom. The van der Waals surface area contributed by atoms with Gasteiger partial charge in [-0.25, -0.2) is 16.8 Å². The van der Waals surface area contributed by atoms with E-state index in [1.54, 1.807) is 0 Å². The molecule has 0 radical (unpaired) electrons. The maximum absolute atomic E-state index is 12.3. The summed E-state index contributed by atoms with van der Waals surface area (Å²) in [6.07, 6.45) is 0. The molecular weight excluding hydrogens is 376 g/mol. The Bertz CT molecular complexity index is 1180. The van der Waals surface area contributed by atoms with Gasteiger partial charge in [-0.3, -0.25) is 14.5 Å². The van der Waals surface area contributed by atoms with Gasteiger partial charge in [-0.1, -0.05) is 0 Å². The fourth-order valence-electron chi connectivity index (χ4n) is 2.67. The van der Waals surface area contributed by atoms with Gasteiger partial charge in [0.25, 0.3) is 11.8 Å². The predicted octanol–water partition coefficient (Wildman–Crippen LogP) is -0.544. The van der Waals surface area contributed by atoms with Gasteiger partial charge >= 0.3 is 0 Å². The molecule has 0 saturated carbocycles. The molecule has 2 N–H and O–H groups in total. The van der Waals surface area contributed by atoms with Crippen LogP contribution in [0.5, 0.6) is 0 Å². The number of carbonyl (C=O) groups is 2. The van der Waals surface area contributed by atoms with Crippen LogP contribution in [0.15, 0.2) is 28.0 Å². The van der Waals surface area contributed by atoms with Crippen molar-refractivity contribution in [3.8, 4) is 0 Å². The summed E-state index contributed by atoms with van der Waals surface area (Å²) in [5, 5.41) is -0.473. The zero-order chi connectivity index (χ0) is 18.9. The fraction of sp³-hybridized carbons (Fsp3) is 0.0769. The summed E-state index contributed by atoms with van der Waals surface area (Å²) in [6, 6.07) is 2.25. The minimum Gasteiger partial charge on any atom is -0.744 e. The summed E-state index contributed by atoms with van der Waals surface area (Å²) < 4.78 is 68.2. The first-order chi connectivity index (χ1) is 11.3. The summed E-state index contributed by atoms with van der Waals surface area (Å²) in [5.41, 5.74) is 4.37. The quantitative estimate of drug-likeness (QED) is 0.404. The molecule has 0 unspecified atom stereocenters. The van der Waals surface area contributed by atoms with Gasteiger partial charge in [-0.05, 0) is 18.2 Å². The van der Waals surface area contributed by atoms with Crippen molar-refractivity contribution in [3.05, 3.63) is 29.3 Å². The molecule has 1 aliphatic heterocycles. The summed E-state index contributed by atoms with van der Waals surface area (Å²) in [6.45, 7) is 0. The van der Waals surface area contributed by atoms with E-state index in [9.17, 15) is 35.5 Å². The zero-order valence-corrected chi connectivity index (χ0v) is 14.0. The second kappa shape index (κ2) is 4.98. The Morgan fingerprint density at radius 1 is 0.920 bits per heavy atom. The van der Waals surface area contributed by atoms with Gasteiger partial charge in [-0.15, -0.1) is 0 Å². The van der Waals surface area contributed by atoms with Gasteiger partial charge in [0.15, 0.2) is 0 Å². The standard InChI is InChI=1S/C13H10N2O8S2/c1-15-12(16)7-3-5(24(18,19)20)2-6-10(7)8(13(15)17)4-9(11(6)14)25(21,22)23/h2-4H,14H2,1H3,(H,18,19,20)(H,21,22,23)/p-2. The van der Waals surface area contributed by atoms with E-state index < -0.39 is 47.5 Å². The lowest BCUT2D eigenvalue weighted by Crippen LogP contribution is -2.37. The van der Waals surface area contributed by atoms with E-state index in [0.29, 0.717) is 4.90 Å². The molecule has 0 spiro atoms. The van der Waals surface area contributed by atoms with Crippen LogP contribution in [-0.4, -0.2) is 49.7 Å². The highest BCUT2D eigenvalue weighted by Crippen LogP contribution is 2.38. The van der Waals surface area contributed by atoms with E-state index in [0.717, 1.165) is 25.2 Å². The van der Waals surface area contributed by atoms with Gasteiger partial charge in [0.2, 0.25) is 0 Å². The molecule has 12 heteroatoms. The van der Waals surface area contributed by atoms with E-state index in [2.05, 4.69) is 0 Å². The number of nitrogen functional groups attached to an aromatic ring is 1. The SMILES string of the molecule is CN1C(=O)c2cc(S(=O)(=O)[O-])cc3c(N)c(S(=O)(=O)[O-])cc(c23)C1=O. The third kappa shape index (κ3) is 2.46. The average Bonchev–Trinajstić information content (AvgIpc) is 2.49. The molecule has 2 amide bonds. The molecule has 3 rings (SSSR count). The molecule has 10 nitrogen and oxygen atoms in total. The van der Waals surface area contributed by atoms with Gasteiger partial charge in [0.05, 0.1) is 21.0 Å². The second-order valence-electron chi connectivity index (χ2n) is 5.31. The predicted molar refractivity (Wildman–Crippen MR) is 80.7 cm³/mol. The second-order valence-corrected chi connectivity index (χ2v) is 8.03. The summed E-state index contributed by atoms with van der Waals surface area (Å²) in [4.78, 5) is 23.4. The highest BCUT2D eigenvalue weighted by atomic mass is 32.2. The lowest BCUT2D eigenvalue weighted by atomic mass is 9.93. The van der Waals surface area contributed by atoms with Crippen LogP contribution in [0, 0.1) is 0 Å². The number of nitrogens with two attached hydrogens (primary N) is 1. The Kier molecular flexibility index (Phi) is 3.45. The van der Waals surface area contributed by atoms with Crippen molar-refractivity contribution in [2.45, 2.75) is 9.79 Å². The maximum Gasteiger partial charge on any atom is 0.261 e. The van der Waals surface area contributed by atoms with Crippen LogP contribution in [0.1, 0.15) is 20.7 Å². The van der Waals surface area contributed by atoms with Crippen LogP contribution in [0.25, 0.3) is 10.8 Å². The number of anilines is 1. The van der Waals surface area contributed by atoms with Crippen molar-refractivity contribution in [1.29, 1.82) is 0 Å².